The van der Waals surface area contributed by atoms with Gasteiger partial charge in [0, 0.05) is 4.47 Å². The molecule has 1 N–H and O–H groups in total. The van der Waals surface area contributed by atoms with Crippen molar-refractivity contribution in [2.75, 3.05) is 0 Å². The van der Waals surface area contributed by atoms with Crippen LogP contribution in [0, 0.1) is 6.92 Å². The Hall–Kier alpha value is -1.46. The summed E-state index contributed by atoms with van der Waals surface area (Å²) in [4.78, 5) is 10.9. The molecule has 0 aliphatic carbocycles. The number of hydrogen-bond acceptors (Lipinski definition) is 3. The molecule has 0 bridgehead atoms. The van der Waals surface area contributed by atoms with Crippen LogP contribution >= 0.6 is 27.5 Å². The number of furan rings is 1. The molecular weight excluding hydrogens is 335 g/mol. The summed E-state index contributed by atoms with van der Waals surface area (Å²) in [7, 11) is 0. The standard InChI is InChI=1S/C13H10BrClO4/c1-7-4-8(14)5-10(15)12(7)19-6-11-9(13(16)17)2-3-18-11/h2-5H,6H2,1H3,(H,16,17). The third-order valence-electron chi connectivity index (χ3n) is 2.52. The SMILES string of the molecule is Cc1cc(Br)cc(Cl)c1OCc1occc1C(=O)O. The molecule has 19 heavy (non-hydrogen) atoms. The predicted molar refractivity (Wildman–Crippen MR) is 73.9 cm³/mol. The summed E-state index contributed by atoms with van der Waals surface area (Å²) >= 11 is 9.41. The largest absolute Gasteiger partial charge is 0.484 e. The average Bonchev–Trinajstić information content (AvgIpc) is 2.75. The maximum Gasteiger partial charge on any atom is 0.339 e. The molecule has 4 nitrogen and oxygen atoms in total. The summed E-state index contributed by atoms with van der Waals surface area (Å²) in [5.74, 6) is -0.283. The number of benzene rings is 1. The van der Waals surface area contributed by atoms with Crippen molar-refractivity contribution in [3.8, 4) is 5.75 Å². The summed E-state index contributed by atoms with van der Waals surface area (Å²) in [6, 6.07) is 4.96. The molecule has 1 aromatic heterocycles. The van der Waals surface area contributed by atoms with Gasteiger partial charge in [-0.1, -0.05) is 27.5 Å². The van der Waals surface area contributed by atoms with Crippen molar-refractivity contribution in [1.29, 1.82) is 0 Å². The molecule has 0 saturated carbocycles. The van der Waals surface area contributed by atoms with Gasteiger partial charge in [0.2, 0.25) is 0 Å². The third-order valence-corrected chi connectivity index (χ3v) is 3.26. The molecule has 1 heterocycles. The number of ether oxygens (including phenoxy) is 1. The first-order chi connectivity index (χ1) is 8.99. The van der Waals surface area contributed by atoms with Gasteiger partial charge in [0.1, 0.15) is 17.9 Å². The summed E-state index contributed by atoms with van der Waals surface area (Å²) in [5, 5.41) is 9.40. The van der Waals surface area contributed by atoms with E-state index in [-0.39, 0.29) is 17.9 Å². The molecule has 0 aliphatic heterocycles. The summed E-state index contributed by atoms with van der Waals surface area (Å²) in [6.07, 6.45) is 1.32. The molecule has 0 amide bonds. The Morgan fingerprint density at radius 1 is 1.53 bits per heavy atom. The Bertz CT molecular complexity index is 598. The zero-order chi connectivity index (χ0) is 14.0. The lowest BCUT2D eigenvalue weighted by atomic mass is 10.2. The molecule has 0 saturated heterocycles. The molecule has 6 heteroatoms. The Labute approximate surface area is 123 Å². The number of halogens is 2. The average molecular weight is 346 g/mol. The number of carbonyl (C=O) groups is 1. The van der Waals surface area contributed by atoms with Gasteiger partial charge in [0.25, 0.3) is 0 Å². The number of hydrogen-bond donors (Lipinski definition) is 1. The van der Waals surface area contributed by atoms with E-state index in [1.54, 1.807) is 6.07 Å². The maximum absolute atomic E-state index is 10.9. The second-order valence-electron chi connectivity index (χ2n) is 3.88. The minimum Gasteiger partial charge on any atom is -0.484 e. The Morgan fingerprint density at radius 2 is 2.26 bits per heavy atom. The first kappa shape index (κ1) is 14.0. The Morgan fingerprint density at radius 3 is 2.89 bits per heavy atom. The van der Waals surface area contributed by atoms with Crippen molar-refractivity contribution in [2.45, 2.75) is 13.5 Å². The number of rotatable bonds is 4. The van der Waals surface area contributed by atoms with E-state index in [0.717, 1.165) is 10.0 Å². The van der Waals surface area contributed by atoms with Gasteiger partial charge in [-0.05, 0) is 30.7 Å². The van der Waals surface area contributed by atoms with Crippen LogP contribution in [0.25, 0.3) is 0 Å². The van der Waals surface area contributed by atoms with Gasteiger partial charge in [-0.15, -0.1) is 0 Å². The molecule has 0 atom stereocenters. The van der Waals surface area contributed by atoms with E-state index in [4.69, 9.17) is 25.9 Å². The zero-order valence-electron chi connectivity index (χ0n) is 9.94. The number of aromatic carboxylic acids is 1. The quantitative estimate of drug-likeness (QED) is 0.898. The topological polar surface area (TPSA) is 59.7 Å². The monoisotopic (exact) mass is 344 g/mol. The van der Waals surface area contributed by atoms with Crippen LogP contribution in [0.2, 0.25) is 5.02 Å². The number of carboxylic acid groups (broad SMARTS) is 1. The maximum atomic E-state index is 10.9. The lowest BCUT2D eigenvalue weighted by Gasteiger charge is -2.10. The summed E-state index contributed by atoms with van der Waals surface area (Å²) in [5.41, 5.74) is 0.939. The first-order valence-electron chi connectivity index (χ1n) is 5.37. The van der Waals surface area contributed by atoms with Crippen molar-refractivity contribution in [3.63, 3.8) is 0 Å². The highest BCUT2D eigenvalue weighted by atomic mass is 79.9. The normalized spacial score (nSPS) is 10.5. The van der Waals surface area contributed by atoms with E-state index >= 15 is 0 Å². The highest BCUT2D eigenvalue weighted by Gasteiger charge is 2.15. The second-order valence-corrected chi connectivity index (χ2v) is 5.21. The van der Waals surface area contributed by atoms with Crippen LogP contribution in [-0.2, 0) is 6.61 Å². The van der Waals surface area contributed by atoms with E-state index in [2.05, 4.69) is 15.9 Å². The summed E-state index contributed by atoms with van der Waals surface area (Å²) in [6.45, 7) is 1.86. The van der Waals surface area contributed by atoms with Crippen LogP contribution in [0.5, 0.6) is 5.75 Å². The fourth-order valence-corrected chi connectivity index (χ4v) is 2.68. The predicted octanol–water partition coefficient (Wildman–Crippen LogP) is 4.28. The van der Waals surface area contributed by atoms with Crippen molar-refractivity contribution in [3.05, 3.63) is 50.8 Å². The third kappa shape index (κ3) is 3.11. The smallest absolute Gasteiger partial charge is 0.339 e. The van der Waals surface area contributed by atoms with Gasteiger partial charge < -0.3 is 14.3 Å². The van der Waals surface area contributed by atoms with E-state index < -0.39 is 5.97 Å². The molecule has 1 aromatic carbocycles. The van der Waals surface area contributed by atoms with Crippen molar-refractivity contribution < 1.29 is 19.1 Å². The molecule has 0 spiro atoms. The van der Waals surface area contributed by atoms with Gasteiger partial charge in [-0.2, -0.15) is 0 Å². The number of aryl methyl sites for hydroxylation is 1. The molecule has 0 fully saturated rings. The van der Waals surface area contributed by atoms with Gasteiger partial charge in [0.15, 0.2) is 5.76 Å². The van der Waals surface area contributed by atoms with Crippen LogP contribution in [0.15, 0.2) is 33.4 Å². The lowest BCUT2D eigenvalue weighted by molar-refractivity contribution is 0.0692. The van der Waals surface area contributed by atoms with Crippen molar-refractivity contribution in [1.82, 2.24) is 0 Å². The van der Waals surface area contributed by atoms with Gasteiger partial charge in [0.05, 0.1) is 11.3 Å². The lowest BCUT2D eigenvalue weighted by Crippen LogP contribution is -2.03. The highest BCUT2D eigenvalue weighted by Crippen LogP contribution is 2.32. The van der Waals surface area contributed by atoms with E-state index in [0.29, 0.717) is 10.8 Å². The first-order valence-corrected chi connectivity index (χ1v) is 6.54. The van der Waals surface area contributed by atoms with Gasteiger partial charge in [-0.25, -0.2) is 4.79 Å². The van der Waals surface area contributed by atoms with Crippen LogP contribution < -0.4 is 4.74 Å². The van der Waals surface area contributed by atoms with Gasteiger partial charge in [-0.3, -0.25) is 0 Å². The second kappa shape index (κ2) is 5.67. The van der Waals surface area contributed by atoms with Crippen LogP contribution in [0.4, 0.5) is 0 Å². The van der Waals surface area contributed by atoms with Crippen LogP contribution in [0.3, 0.4) is 0 Å². The minimum atomic E-state index is -1.05. The highest BCUT2D eigenvalue weighted by molar-refractivity contribution is 9.10. The molecule has 0 aliphatic rings. The fraction of sp³-hybridized carbons (Fsp3) is 0.154. The van der Waals surface area contributed by atoms with E-state index in [9.17, 15) is 4.79 Å². The van der Waals surface area contributed by atoms with Crippen LogP contribution in [-0.4, -0.2) is 11.1 Å². The molecule has 0 radical (unpaired) electrons. The number of carboxylic acids is 1. The molecule has 2 rings (SSSR count). The molecule has 2 aromatic rings. The van der Waals surface area contributed by atoms with E-state index in [1.165, 1.54) is 12.3 Å². The molecule has 0 unspecified atom stereocenters. The van der Waals surface area contributed by atoms with Crippen LogP contribution in [0.1, 0.15) is 21.7 Å². The van der Waals surface area contributed by atoms with E-state index in [1.807, 2.05) is 13.0 Å². The molecular formula is C13H10BrClO4. The summed E-state index contributed by atoms with van der Waals surface area (Å²) < 4.78 is 11.5. The van der Waals surface area contributed by atoms with Gasteiger partial charge >= 0.3 is 5.97 Å². The van der Waals surface area contributed by atoms with Crippen molar-refractivity contribution >= 4 is 33.5 Å². The Balaban J connectivity index is 2.19. The Kier molecular flexibility index (Phi) is 4.17. The van der Waals surface area contributed by atoms with Crippen molar-refractivity contribution in [2.24, 2.45) is 0 Å². The molecule has 100 valence electrons. The minimum absolute atomic E-state index is 0.0107. The fourth-order valence-electron chi connectivity index (χ4n) is 1.65. The zero-order valence-corrected chi connectivity index (χ0v) is 12.3.